The summed E-state index contributed by atoms with van der Waals surface area (Å²) in [4.78, 5) is 29.3. The summed E-state index contributed by atoms with van der Waals surface area (Å²) in [5, 5.41) is 3.00. The number of rotatable bonds is 13. The maximum atomic E-state index is 14.2. The van der Waals surface area contributed by atoms with Gasteiger partial charge in [-0.3, -0.25) is 13.9 Å². The van der Waals surface area contributed by atoms with Gasteiger partial charge in [0.1, 0.15) is 12.6 Å². The third-order valence-electron chi connectivity index (χ3n) is 6.73. The number of para-hydroxylation sites is 1. The van der Waals surface area contributed by atoms with E-state index in [0.717, 1.165) is 50.1 Å². The Morgan fingerprint density at radius 1 is 0.900 bits per heavy atom. The van der Waals surface area contributed by atoms with Gasteiger partial charge in [0.25, 0.3) is 0 Å². The topological polar surface area (TPSA) is 86.8 Å². The van der Waals surface area contributed by atoms with Gasteiger partial charge in [0.05, 0.1) is 11.9 Å². The van der Waals surface area contributed by atoms with Gasteiger partial charge in [0.2, 0.25) is 21.8 Å². The van der Waals surface area contributed by atoms with Gasteiger partial charge in [-0.15, -0.1) is 0 Å². The Morgan fingerprint density at radius 3 is 2.10 bits per heavy atom. The molecule has 3 aromatic carbocycles. The average molecular weight is 629 g/mol. The number of carbonyl (C=O) groups is 2. The Labute approximate surface area is 246 Å². The van der Waals surface area contributed by atoms with Crippen LogP contribution in [0, 0.1) is 13.8 Å². The molecule has 0 aromatic heterocycles. The molecular formula is C31H38BrN3O4S. The van der Waals surface area contributed by atoms with Crippen LogP contribution in [0.3, 0.4) is 0 Å². The predicted octanol–water partition coefficient (Wildman–Crippen LogP) is 5.39. The number of nitrogens with one attached hydrogen (secondary N) is 1. The molecule has 3 rings (SSSR count). The highest BCUT2D eigenvalue weighted by Gasteiger charge is 2.33. The lowest BCUT2D eigenvalue weighted by atomic mass is 10.0. The molecule has 0 aliphatic heterocycles. The Balaban J connectivity index is 2.06. The first-order valence-electron chi connectivity index (χ1n) is 13.4. The Bertz CT molecular complexity index is 1380. The molecule has 0 aliphatic rings. The zero-order chi connectivity index (χ0) is 29.3. The summed E-state index contributed by atoms with van der Waals surface area (Å²) in [7, 11) is -3.81. The number of halogens is 1. The summed E-state index contributed by atoms with van der Waals surface area (Å²) in [6, 6.07) is 21.7. The molecule has 1 N–H and O–H groups in total. The lowest BCUT2D eigenvalue weighted by Gasteiger charge is -2.34. The van der Waals surface area contributed by atoms with Crippen molar-refractivity contribution in [2.24, 2.45) is 0 Å². The van der Waals surface area contributed by atoms with Crippen LogP contribution in [0.4, 0.5) is 5.69 Å². The normalized spacial score (nSPS) is 12.0. The highest BCUT2D eigenvalue weighted by molar-refractivity contribution is 9.10. The van der Waals surface area contributed by atoms with Crippen LogP contribution in [0.25, 0.3) is 0 Å². The molecular weight excluding hydrogens is 590 g/mol. The molecule has 0 heterocycles. The number of unbranched alkanes of at least 4 members (excludes halogenated alkanes) is 1. The Hall–Kier alpha value is -3.17. The number of hydrogen-bond donors (Lipinski definition) is 1. The average Bonchev–Trinajstić information content (AvgIpc) is 2.91. The molecule has 1 atom stereocenters. The molecule has 0 unspecified atom stereocenters. The van der Waals surface area contributed by atoms with Gasteiger partial charge in [-0.25, -0.2) is 8.42 Å². The maximum Gasteiger partial charge on any atom is 0.244 e. The van der Waals surface area contributed by atoms with E-state index < -0.39 is 28.5 Å². The van der Waals surface area contributed by atoms with E-state index in [1.807, 2.05) is 93.6 Å². The van der Waals surface area contributed by atoms with Gasteiger partial charge in [0, 0.05) is 24.0 Å². The number of nitrogens with zero attached hydrogens (tertiary/aromatic N) is 2. The molecule has 0 fully saturated rings. The highest BCUT2D eigenvalue weighted by atomic mass is 79.9. The number of aryl methyl sites for hydroxylation is 2. The minimum absolute atomic E-state index is 0.148. The van der Waals surface area contributed by atoms with Crippen LogP contribution in [0.15, 0.2) is 77.3 Å². The third-order valence-corrected chi connectivity index (χ3v) is 8.38. The van der Waals surface area contributed by atoms with Crippen molar-refractivity contribution in [1.29, 1.82) is 0 Å². The molecule has 7 nitrogen and oxygen atoms in total. The molecule has 9 heteroatoms. The molecule has 40 heavy (non-hydrogen) atoms. The molecule has 0 radical (unpaired) electrons. The summed E-state index contributed by atoms with van der Waals surface area (Å²) < 4.78 is 28.1. The fraction of sp³-hybridized carbons (Fsp3) is 0.355. The predicted molar refractivity (Wildman–Crippen MR) is 165 cm³/mol. The van der Waals surface area contributed by atoms with Crippen LogP contribution >= 0.6 is 15.9 Å². The maximum absolute atomic E-state index is 14.2. The Morgan fingerprint density at radius 2 is 1.52 bits per heavy atom. The first kappa shape index (κ1) is 31.4. The second-order valence-electron chi connectivity index (χ2n) is 10.0. The number of carbonyl (C=O) groups excluding carboxylic acids is 2. The van der Waals surface area contributed by atoms with E-state index in [2.05, 4.69) is 21.2 Å². The smallest absolute Gasteiger partial charge is 0.244 e. The fourth-order valence-corrected chi connectivity index (χ4v) is 5.85. The van der Waals surface area contributed by atoms with Crippen LogP contribution < -0.4 is 9.62 Å². The minimum Gasteiger partial charge on any atom is -0.354 e. The summed E-state index contributed by atoms with van der Waals surface area (Å²) in [6.45, 7) is 5.92. The SMILES string of the molecule is CCCCNC(=O)[C@H](Cc1ccccc1)N(Cc1ccc(Br)cc1)C(=O)CN(c1c(C)cccc1C)S(C)(=O)=O. The van der Waals surface area contributed by atoms with E-state index in [4.69, 9.17) is 0 Å². The van der Waals surface area contributed by atoms with Crippen LogP contribution in [0.2, 0.25) is 0 Å². The number of hydrogen-bond acceptors (Lipinski definition) is 4. The highest BCUT2D eigenvalue weighted by Crippen LogP contribution is 2.27. The van der Waals surface area contributed by atoms with Crippen molar-refractivity contribution >= 4 is 43.5 Å². The molecule has 214 valence electrons. The number of benzene rings is 3. The van der Waals surface area contributed by atoms with Gasteiger partial charge >= 0.3 is 0 Å². The zero-order valence-electron chi connectivity index (χ0n) is 23.6. The summed E-state index contributed by atoms with van der Waals surface area (Å²) in [6.07, 6.45) is 3.14. The first-order valence-corrected chi connectivity index (χ1v) is 16.0. The molecule has 0 saturated carbocycles. The summed E-state index contributed by atoms with van der Waals surface area (Å²) in [5.74, 6) is -0.719. The van der Waals surface area contributed by atoms with Crippen LogP contribution in [-0.4, -0.2) is 50.5 Å². The van der Waals surface area contributed by atoms with E-state index >= 15 is 0 Å². The third kappa shape index (κ3) is 8.66. The first-order chi connectivity index (χ1) is 19.0. The molecule has 0 aliphatic carbocycles. The number of anilines is 1. The van der Waals surface area contributed by atoms with Gasteiger partial charge < -0.3 is 10.2 Å². The summed E-state index contributed by atoms with van der Waals surface area (Å²) >= 11 is 3.45. The van der Waals surface area contributed by atoms with Gasteiger partial charge in [-0.1, -0.05) is 89.9 Å². The second-order valence-corrected chi connectivity index (χ2v) is 12.8. The Kier molecular flexibility index (Phi) is 11.3. The van der Waals surface area contributed by atoms with E-state index in [-0.39, 0.29) is 12.5 Å². The molecule has 3 aromatic rings. The molecule has 0 saturated heterocycles. The molecule has 0 bridgehead atoms. The lowest BCUT2D eigenvalue weighted by molar-refractivity contribution is -0.140. The van der Waals surface area contributed by atoms with Crippen LogP contribution in [0.1, 0.15) is 42.0 Å². The van der Waals surface area contributed by atoms with Gasteiger partial charge in [-0.05, 0) is 54.7 Å². The van der Waals surface area contributed by atoms with Crippen molar-refractivity contribution in [1.82, 2.24) is 10.2 Å². The molecule has 2 amide bonds. The van der Waals surface area contributed by atoms with E-state index in [1.165, 1.54) is 4.90 Å². The van der Waals surface area contributed by atoms with Crippen molar-refractivity contribution in [2.45, 2.75) is 52.6 Å². The van der Waals surface area contributed by atoms with Crippen LogP contribution in [-0.2, 0) is 32.6 Å². The van der Waals surface area contributed by atoms with Crippen LogP contribution in [0.5, 0.6) is 0 Å². The molecule has 0 spiro atoms. The largest absolute Gasteiger partial charge is 0.354 e. The lowest BCUT2D eigenvalue weighted by Crippen LogP contribution is -2.53. The number of amides is 2. The summed E-state index contributed by atoms with van der Waals surface area (Å²) in [5.41, 5.74) is 3.70. The standard InChI is InChI=1S/C31H38BrN3O4S/c1-5-6-19-33-31(37)28(20-25-13-8-7-9-14-25)34(21-26-15-17-27(32)18-16-26)29(36)22-35(40(4,38)39)30-23(2)11-10-12-24(30)3/h7-18,28H,5-6,19-22H2,1-4H3,(H,33,37)/t28-/m0/s1. The van der Waals surface area contributed by atoms with Crippen molar-refractivity contribution in [3.63, 3.8) is 0 Å². The van der Waals surface area contributed by atoms with Crippen molar-refractivity contribution in [3.8, 4) is 0 Å². The minimum atomic E-state index is -3.81. The second kappa shape index (κ2) is 14.5. The van der Waals surface area contributed by atoms with Crippen molar-refractivity contribution < 1.29 is 18.0 Å². The monoisotopic (exact) mass is 627 g/mol. The van der Waals surface area contributed by atoms with Gasteiger partial charge in [-0.2, -0.15) is 0 Å². The van der Waals surface area contributed by atoms with Gasteiger partial charge in [0.15, 0.2) is 0 Å². The van der Waals surface area contributed by atoms with E-state index in [0.29, 0.717) is 18.7 Å². The van der Waals surface area contributed by atoms with Crippen molar-refractivity contribution in [2.75, 3.05) is 23.7 Å². The quantitative estimate of drug-likeness (QED) is 0.258. The van der Waals surface area contributed by atoms with E-state index in [9.17, 15) is 18.0 Å². The number of sulfonamides is 1. The van der Waals surface area contributed by atoms with E-state index in [1.54, 1.807) is 0 Å². The zero-order valence-corrected chi connectivity index (χ0v) is 26.0. The fourth-order valence-electron chi connectivity index (χ4n) is 4.62. The van der Waals surface area contributed by atoms with Crippen molar-refractivity contribution in [3.05, 3.63) is 99.5 Å².